The molecule has 0 spiro atoms. The number of aromatic nitrogens is 4. The van der Waals surface area contributed by atoms with Crippen LogP contribution >= 0.6 is 0 Å². The Labute approximate surface area is 92.3 Å². The standard InChI is InChI=1S/C10H13N5O/c1-8-4-12-10(16)14(6-8)2-3-15-7-9(11)5-13-15/h4-7H,2-3,11H2,1H3. The van der Waals surface area contributed by atoms with Crippen molar-refractivity contribution in [3.05, 3.63) is 40.8 Å². The van der Waals surface area contributed by atoms with Gasteiger partial charge in [-0.25, -0.2) is 9.78 Å². The van der Waals surface area contributed by atoms with E-state index in [0.717, 1.165) is 5.56 Å². The molecule has 0 amide bonds. The van der Waals surface area contributed by atoms with Crippen molar-refractivity contribution in [2.45, 2.75) is 20.0 Å². The van der Waals surface area contributed by atoms with E-state index in [4.69, 9.17) is 5.73 Å². The number of anilines is 1. The molecule has 2 N–H and O–H groups in total. The highest BCUT2D eigenvalue weighted by atomic mass is 16.1. The largest absolute Gasteiger partial charge is 0.396 e. The third-order valence-corrected chi connectivity index (χ3v) is 2.21. The molecule has 0 unspecified atom stereocenters. The fraction of sp³-hybridized carbons (Fsp3) is 0.300. The van der Waals surface area contributed by atoms with Gasteiger partial charge in [-0.1, -0.05) is 0 Å². The fourth-order valence-electron chi connectivity index (χ4n) is 1.44. The summed E-state index contributed by atoms with van der Waals surface area (Å²) in [6.45, 7) is 3.03. The van der Waals surface area contributed by atoms with E-state index in [-0.39, 0.29) is 5.69 Å². The lowest BCUT2D eigenvalue weighted by Gasteiger charge is -2.05. The van der Waals surface area contributed by atoms with E-state index in [1.807, 2.05) is 6.92 Å². The van der Waals surface area contributed by atoms with Crippen LogP contribution in [-0.2, 0) is 13.1 Å². The SMILES string of the molecule is Cc1cnc(=O)n(CCn2cc(N)cn2)c1. The Morgan fingerprint density at radius 3 is 2.81 bits per heavy atom. The summed E-state index contributed by atoms with van der Waals surface area (Å²) >= 11 is 0. The average Bonchev–Trinajstić information content (AvgIpc) is 2.66. The molecule has 84 valence electrons. The quantitative estimate of drug-likeness (QED) is 0.790. The van der Waals surface area contributed by atoms with Gasteiger partial charge in [-0.2, -0.15) is 5.10 Å². The molecule has 0 aromatic carbocycles. The highest BCUT2D eigenvalue weighted by Gasteiger charge is 1.99. The highest BCUT2D eigenvalue weighted by molar-refractivity contribution is 5.30. The molecular formula is C10H13N5O. The molecule has 0 atom stereocenters. The van der Waals surface area contributed by atoms with Crippen molar-refractivity contribution in [1.29, 1.82) is 0 Å². The third-order valence-electron chi connectivity index (χ3n) is 2.21. The lowest BCUT2D eigenvalue weighted by atomic mass is 10.4. The Morgan fingerprint density at radius 1 is 1.31 bits per heavy atom. The molecular weight excluding hydrogens is 206 g/mol. The minimum atomic E-state index is -0.245. The van der Waals surface area contributed by atoms with Crippen molar-refractivity contribution in [3.8, 4) is 0 Å². The first-order valence-electron chi connectivity index (χ1n) is 4.96. The average molecular weight is 219 g/mol. The van der Waals surface area contributed by atoms with Crippen LogP contribution in [0.1, 0.15) is 5.56 Å². The first-order valence-corrected chi connectivity index (χ1v) is 4.96. The van der Waals surface area contributed by atoms with Gasteiger partial charge in [0.25, 0.3) is 0 Å². The summed E-state index contributed by atoms with van der Waals surface area (Å²) < 4.78 is 3.26. The predicted molar refractivity (Wildman–Crippen MR) is 59.9 cm³/mol. The maximum absolute atomic E-state index is 11.4. The van der Waals surface area contributed by atoms with Crippen LogP contribution in [0.4, 0.5) is 5.69 Å². The zero-order chi connectivity index (χ0) is 11.5. The Kier molecular flexibility index (Phi) is 2.72. The molecule has 0 radical (unpaired) electrons. The molecule has 0 saturated carbocycles. The fourth-order valence-corrected chi connectivity index (χ4v) is 1.44. The summed E-state index contributed by atoms with van der Waals surface area (Å²) in [6, 6.07) is 0. The summed E-state index contributed by atoms with van der Waals surface area (Å²) in [4.78, 5) is 15.1. The zero-order valence-electron chi connectivity index (χ0n) is 9.00. The van der Waals surface area contributed by atoms with E-state index < -0.39 is 0 Å². The second-order valence-corrected chi connectivity index (χ2v) is 3.64. The van der Waals surface area contributed by atoms with Crippen LogP contribution < -0.4 is 11.4 Å². The Morgan fingerprint density at radius 2 is 2.12 bits per heavy atom. The summed E-state index contributed by atoms with van der Waals surface area (Å²) in [7, 11) is 0. The van der Waals surface area contributed by atoms with E-state index >= 15 is 0 Å². The number of aryl methyl sites for hydroxylation is 3. The van der Waals surface area contributed by atoms with Gasteiger partial charge in [0.2, 0.25) is 0 Å². The van der Waals surface area contributed by atoms with Crippen LogP contribution in [0.3, 0.4) is 0 Å². The van der Waals surface area contributed by atoms with Gasteiger partial charge < -0.3 is 5.73 Å². The van der Waals surface area contributed by atoms with E-state index in [0.29, 0.717) is 18.8 Å². The normalized spacial score (nSPS) is 10.6. The van der Waals surface area contributed by atoms with Crippen molar-refractivity contribution >= 4 is 5.69 Å². The molecule has 0 aliphatic rings. The minimum absolute atomic E-state index is 0.245. The van der Waals surface area contributed by atoms with E-state index in [1.54, 1.807) is 34.0 Å². The van der Waals surface area contributed by atoms with E-state index in [1.165, 1.54) is 0 Å². The van der Waals surface area contributed by atoms with Crippen LogP contribution in [-0.4, -0.2) is 19.3 Å². The predicted octanol–water partition coefficient (Wildman–Crippen LogP) is 0.0306. The zero-order valence-corrected chi connectivity index (χ0v) is 9.00. The monoisotopic (exact) mass is 219 g/mol. The molecule has 2 rings (SSSR count). The van der Waals surface area contributed by atoms with Crippen molar-refractivity contribution in [2.75, 3.05) is 5.73 Å². The molecule has 0 aliphatic carbocycles. The number of rotatable bonds is 3. The number of nitrogen functional groups attached to an aromatic ring is 1. The number of hydrogen-bond acceptors (Lipinski definition) is 4. The van der Waals surface area contributed by atoms with Gasteiger partial charge in [0.15, 0.2) is 0 Å². The molecule has 2 heterocycles. The molecule has 6 heteroatoms. The van der Waals surface area contributed by atoms with Crippen LogP contribution in [0.5, 0.6) is 0 Å². The number of hydrogen-bond donors (Lipinski definition) is 1. The van der Waals surface area contributed by atoms with Crippen LogP contribution in [0.15, 0.2) is 29.6 Å². The maximum Gasteiger partial charge on any atom is 0.347 e. The van der Waals surface area contributed by atoms with Crippen molar-refractivity contribution < 1.29 is 0 Å². The molecule has 0 fully saturated rings. The van der Waals surface area contributed by atoms with E-state index in [2.05, 4.69) is 10.1 Å². The van der Waals surface area contributed by atoms with Gasteiger partial charge in [-0.05, 0) is 12.5 Å². The molecule has 6 nitrogen and oxygen atoms in total. The minimum Gasteiger partial charge on any atom is -0.396 e. The van der Waals surface area contributed by atoms with Gasteiger partial charge in [0.1, 0.15) is 0 Å². The van der Waals surface area contributed by atoms with Crippen molar-refractivity contribution in [3.63, 3.8) is 0 Å². The summed E-state index contributed by atoms with van der Waals surface area (Å²) in [5.41, 5.74) is 6.87. The number of nitrogens with two attached hydrogens (primary N) is 1. The second kappa shape index (κ2) is 4.18. The second-order valence-electron chi connectivity index (χ2n) is 3.64. The molecule has 0 aliphatic heterocycles. The lowest BCUT2D eigenvalue weighted by molar-refractivity contribution is 0.516. The first kappa shape index (κ1) is 10.4. The van der Waals surface area contributed by atoms with Gasteiger partial charge in [0, 0.05) is 25.1 Å². The third kappa shape index (κ3) is 2.28. The molecule has 2 aromatic rings. The smallest absolute Gasteiger partial charge is 0.347 e. The number of nitrogens with zero attached hydrogens (tertiary/aromatic N) is 4. The summed E-state index contributed by atoms with van der Waals surface area (Å²) in [6.07, 6.45) is 6.65. The topological polar surface area (TPSA) is 78.7 Å². The Bertz CT molecular complexity index is 542. The van der Waals surface area contributed by atoms with Crippen LogP contribution in [0.25, 0.3) is 0 Å². The molecule has 0 saturated heterocycles. The molecule has 0 bridgehead atoms. The van der Waals surface area contributed by atoms with Crippen molar-refractivity contribution in [2.24, 2.45) is 0 Å². The molecule has 16 heavy (non-hydrogen) atoms. The van der Waals surface area contributed by atoms with Crippen LogP contribution in [0.2, 0.25) is 0 Å². The van der Waals surface area contributed by atoms with Gasteiger partial charge >= 0.3 is 5.69 Å². The van der Waals surface area contributed by atoms with Crippen molar-refractivity contribution in [1.82, 2.24) is 19.3 Å². The molecule has 2 aromatic heterocycles. The highest BCUT2D eigenvalue weighted by Crippen LogP contribution is 1.98. The first-order chi connectivity index (χ1) is 7.65. The van der Waals surface area contributed by atoms with Gasteiger partial charge in [0.05, 0.1) is 18.4 Å². The Balaban J connectivity index is 2.10. The van der Waals surface area contributed by atoms with Gasteiger partial charge in [-0.3, -0.25) is 9.25 Å². The lowest BCUT2D eigenvalue weighted by Crippen LogP contribution is -2.24. The maximum atomic E-state index is 11.4. The van der Waals surface area contributed by atoms with E-state index in [9.17, 15) is 4.79 Å². The summed E-state index contributed by atoms with van der Waals surface area (Å²) in [5, 5.41) is 4.04. The van der Waals surface area contributed by atoms with Crippen LogP contribution in [0, 0.1) is 6.92 Å². The summed E-state index contributed by atoms with van der Waals surface area (Å²) in [5.74, 6) is 0. The Hall–Kier alpha value is -2.11. The van der Waals surface area contributed by atoms with Gasteiger partial charge in [-0.15, -0.1) is 0 Å².